The third-order valence-corrected chi connectivity index (χ3v) is 18.0. The van der Waals surface area contributed by atoms with Gasteiger partial charge in [0.15, 0.2) is 0 Å². The van der Waals surface area contributed by atoms with E-state index in [0.29, 0.717) is 33.4 Å². The van der Waals surface area contributed by atoms with Crippen molar-refractivity contribution in [2.24, 2.45) is 0 Å². The van der Waals surface area contributed by atoms with Gasteiger partial charge in [-0.1, -0.05) is 188 Å². The van der Waals surface area contributed by atoms with E-state index in [-0.39, 0.29) is 0 Å². The van der Waals surface area contributed by atoms with Crippen LogP contribution in [0, 0.1) is 29.6 Å². The Hall–Kier alpha value is -12.0. The second-order valence-electron chi connectivity index (χ2n) is 22.6. The molecule has 4 aromatic heterocycles. The Bertz CT molecular complexity index is 5560. The zero-order chi connectivity index (χ0) is 57.9. The Morgan fingerprint density at radius 3 is 0.701 bits per heavy atom. The molecule has 13 aromatic carbocycles. The number of benzene rings is 13. The van der Waals surface area contributed by atoms with Crippen LogP contribution in [0.2, 0.25) is 0 Å². The molecule has 0 N–H and O–H groups in total. The van der Waals surface area contributed by atoms with Gasteiger partial charge >= 0.3 is 0 Å². The van der Waals surface area contributed by atoms with Gasteiger partial charge in [0.25, 0.3) is 0 Å². The quantitative estimate of drug-likeness (QED) is 0.152. The summed E-state index contributed by atoms with van der Waals surface area (Å²) >= 11 is 0. The van der Waals surface area contributed by atoms with Crippen molar-refractivity contribution in [1.29, 1.82) is 10.5 Å². The molecule has 17 aromatic rings. The van der Waals surface area contributed by atoms with Gasteiger partial charge < -0.3 is 18.3 Å². The minimum absolute atomic E-state index is 0.476. The van der Waals surface area contributed by atoms with Crippen LogP contribution in [0.3, 0.4) is 0 Å². The number of aromatic nitrogens is 4. The number of nitriles is 2. The first-order valence-corrected chi connectivity index (χ1v) is 29.5. The molecule has 6 nitrogen and oxygen atoms in total. The third-order valence-electron chi connectivity index (χ3n) is 18.0. The molecule has 0 unspecified atom stereocenters. The molecule has 404 valence electrons. The van der Waals surface area contributed by atoms with Crippen LogP contribution >= 0.6 is 0 Å². The lowest BCUT2D eigenvalue weighted by atomic mass is 9.77. The lowest BCUT2D eigenvalue weighted by Crippen LogP contribution is -2.04. The van der Waals surface area contributed by atoms with E-state index < -0.39 is 0 Å². The number of para-hydroxylation sites is 8. The van der Waals surface area contributed by atoms with Crippen molar-refractivity contribution < 1.29 is 0 Å². The van der Waals surface area contributed by atoms with Crippen LogP contribution < -0.4 is 0 Å². The van der Waals surface area contributed by atoms with Crippen LogP contribution in [-0.2, 0) is 0 Å². The summed E-state index contributed by atoms with van der Waals surface area (Å²) in [6.07, 6.45) is 0. The van der Waals surface area contributed by atoms with E-state index in [9.17, 15) is 10.5 Å². The highest BCUT2D eigenvalue weighted by molar-refractivity contribution is 6.13. The summed E-state index contributed by atoms with van der Waals surface area (Å²) in [5.74, 6) is 0. The molecular weight excluding hydrogens is 1060 g/mol. The van der Waals surface area contributed by atoms with Gasteiger partial charge in [0.2, 0.25) is 0 Å². The fourth-order valence-electron chi connectivity index (χ4n) is 14.3. The van der Waals surface area contributed by atoms with E-state index in [1.807, 2.05) is 0 Å². The Morgan fingerprint density at radius 1 is 0.241 bits per heavy atom. The lowest BCUT2D eigenvalue weighted by Gasteiger charge is -2.24. The summed E-state index contributed by atoms with van der Waals surface area (Å²) in [5.41, 5.74) is 20.9. The first-order valence-electron chi connectivity index (χ1n) is 29.5. The molecule has 0 aliphatic carbocycles. The Kier molecular flexibility index (Phi) is 11.2. The Morgan fingerprint density at radius 2 is 0.460 bits per heavy atom. The fourth-order valence-corrected chi connectivity index (χ4v) is 14.3. The van der Waals surface area contributed by atoms with Gasteiger partial charge in [0.05, 0.1) is 55.3 Å². The fraction of sp³-hybridized carbons (Fsp3) is 0.0123. The van der Waals surface area contributed by atoms with Crippen LogP contribution in [0.5, 0.6) is 0 Å². The van der Waals surface area contributed by atoms with Crippen LogP contribution in [0.25, 0.3) is 154 Å². The van der Waals surface area contributed by atoms with Crippen molar-refractivity contribution in [1.82, 2.24) is 18.3 Å². The van der Waals surface area contributed by atoms with Crippen LogP contribution in [0.4, 0.5) is 0 Å². The highest BCUT2D eigenvalue weighted by atomic mass is 15.0. The molecule has 0 spiro atoms. The van der Waals surface area contributed by atoms with E-state index >= 15 is 0 Å². The van der Waals surface area contributed by atoms with Crippen molar-refractivity contribution in [2.75, 3.05) is 0 Å². The predicted molar refractivity (Wildman–Crippen MR) is 360 cm³/mol. The van der Waals surface area contributed by atoms with Gasteiger partial charge in [-0.25, -0.2) is 0 Å². The highest BCUT2D eigenvalue weighted by Gasteiger charge is 2.29. The van der Waals surface area contributed by atoms with E-state index in [1.54, 1.807) is 0 Å². The molecular formula is C81H50N6. The number of nitrogens with zero attached hydrogens (tertiary/aromatic N) is 6. The first-order chi connectivity index (χ1) is 43.0. The minimum atomic E-state index is 0.476. The summed E-state index contributed by atoms with van der Waals surface area (Å²) in [6, 6.07) is 106. The third kappa shape index (κ3) is 7.45. The summed E-state index contributed by atoms with van der Waals surface area (Å²) in [6.45, 7) is 2.15. The standard InChI is InChI=1S/C81H50N6/c1-51-48-55(40-47-69(51)87-76-32-16-8-24-65(76)66-25-9-17-33-77(66)87)81-68(50-83)79(53-36-43-57(44-37-53)85-72-28-12-4-20-61(72)62-21-5-13-29-73(62)85)78(52-34-41-56(42-35-52)84-70-26-10-2-18-59(70)60-19-3-11-27-71(60)84)67(49-82)80(81)54-38-45-58(46-39-54)86-74-30-14-6-22-63(74)64-23-7-15-31-75(64)86/h2-48H,1H3. The van der Waals surface area contributed by atoms with Crippen molar-refractivity contribution in [2.45, 2.75) is 6.92 Å². The molecule has 0 fully saturated rings. The number of aryl methyl sites for hydroxylation is 1. The first kappa shape index (κ1) is 49.6. The smallest absolute Gasteiger partial charge is 0.100 e. The van der Waals surface area contributed by atoms with Gasteiger partial charge in [-0.15, -0.1) is 0 Å². The monoisotopic (exact) mass is 1110 g/mol. The number of hydrogen-bond acceptors (Lipinski definition) is 2. The molecule has 17 rings (SSSR count). The van der Waals surface area contributed by atoms with E-state index in [0.717, 1.165) is 94.7 Å². The van der Waals surface area contributed by atoms with Crippen LogP contribution in [0.15, 0.2) is 285 Å². The largest absolute Gasteiger partial charge is 0.309 e. The highest BCUT2D eigenvalue weighted by Crippen LogP contribution is 2.50. The zero-order valence-electron chi connectivity index (χ0n) is 47.3. The number of fused-ring (bicyclic) bond motifs is 12. The summed E-state index contributed by atoms with van der Waals surface area (Å²) in [5, 5.41) is 34.0. The molecule has 87 heavy (non-hydrogen) atoms. The maximum Gasteiger partial charge on any atom is 0.100 e. The van der Waals surface area contributed by atoms with E-state index in [1.165, 1.54) is 43.1 Å². The SMILES string of the molecule is Cc1cc(-c2c(C#N)c(-c3ccc(-n4c5ccccc5c5ccccc54)cc3)c(-c3ccc(-n4c5ccccc5c5ccccc54)cc3)c(C#N)c2-c2ccc(-n3c4ccccc4c4ccccc43)cc2)ccc1-n1c2ccccc2c2ccccc21. The molecule has 0 atom stereocenters. The van der Waals surface area contributed by atoms with Crippen molar-refractivity contribution in [3.05, 3.63) is 302 Å². The summed E-state index contributed by atoms with van der Waals surface area (Å²) < 4.78 is 9.29. The van der Waals surface area contributed by atoms with Gasteiger partial charge in [0, 0.05) is 88.1 Å². The Labute approximate surface area is 501 Å². The number of rotatable bonds is 8. The predicted octanol–water partition coefficient (Wildman–Crippen LogP) is 20.8. The van der Waals surface area contributed by atoms with Gasteiger partial charge in [0.1, 0.15) is 12.1 Å². The second-order valence-corrected chi connectivity index (χ2v) is 22.6. The van der Waals surface area contributed by atoms with Gasteiger partial charge in [-0.05, 0) is 132 Å². The maximum absolute atomic E-state index is 12.3. The summed E-state index contributed by atoms with van der Waals surface area (Å²) in [4.78, 5) is 0. The average molecular weight is 1110 g/mol. The van der Waals surface area contributed by atoms with Gasteiger partial charge in [-0.3, -0.25) is 0 Å². The molecule has 0 aliphatic rings. The molecule has 0 radical (unpaired) electrons. The molecule has 0 saturated carbocycles. The normalized spacial score (nSPS) is 11.7. The Balaban J connectivity index is 0.935. The zero-order valence-corrected chi connectivity index (χ0v) is 47.3. The second kappa shape index (κ2) is 19.6. The van der Waals surface area contributed by atoms with Crippen molar-refractivity contribution >= 4 is 87.2 Å². The average Bonchev–Trinajstić information content (AvgIpc) is 1.78. The van der Waals surface area contributed by atoms with Gasteiger partial charge in [-0.2, -0.15) is 10.5 Å². The van der Waals surface area contributed by atoms with Crippen LogP contribution in [0.1, 0.15) is 16.7 Å². The molecule has 0 aliphatic heterocycles. The van der Waals surface area contributed by atoms with Crippen LogP contribution in [-0.4, -0.2) is 18.3 Å². The number of hydrogen-bond donors (Lipinski definition) is 0. The van der Waals surface area contributed by atoms with E-state index in [2.05, 4.69) is 322 Å². The van der Waals surface area contributed by atoms with Crippen molar-refractivity contribution in [3.8, 4) is 79.4 Å². The summed E-state index contributed by atoms with van der Waals surface area (Å²) in [7, 11) is 0. The minimum Gasteiger partial charge on any atom is -0.309 e. The molecule has 6 heteroatoms. The topological polar surface area (TPSA) is 67.3 Å². The lowest BCUT2D eigenvalue weighted by molar-refractivity contribution is 1.15. The molecule has 4 heterocycles. The van der Waals surface area contributed by atoms with Crippen molar-refractivity contribution in [3.63, 3.8) is 0 Å². The molecule has 0 amide bonds. The molecule has 0 bridgehead atoms. The maximum atomic E-state index is 12.3. The molecule has 0 saturated heterocycles. The van der Waals surface area contributed by atoms with E-state index in [4.69, 9.17) is 0 Å².